The molecule has 0 spiro atoms. The van der Waals surface area contributed by atoms with Crippen LogP contribution >= 0.6 is 0 Å². The molecule has 0 unspecified atom stereocenters. The van der Waals surface area contributed by atoms with Crippen molar-refractivity contribution < 1.29 is 27.5 Å². The van der Waals surface area contributed by atoms with Crippen LogP contribution in [0.4, 0.5) is 17.6 Å². The van der Waals surface area contributed by atoms with E-state index >= 15 is 0 Å². The summed E-state index contributed by atoms with van der Waals surface area (Å²) in [5.41, 5.74) is -1.47. The van der Waals surface area contributed by atoms with Crippen molar-refractivity contribution >= 4 is 5.91 Å². The Bertz CT molecular complexity index is 448. The number of hydrogen-bond acceptors (Lipinski definition) is 2. The highest BCUT2D eigenvalue weighted by Crippen LogP contribution is 2.27. The van der Waals surface area contributed by atoms with E-state index in [2.05, 4.69) is 0 Å². The summed E-state index contributed by atoms with van der Waals surface area (Å²) in [6.07, 6.45) is -5.05. The Morgan fingerprint density at radius 3 is 2.05 bits per heavy atom. The van der Waals surface area contributed by atoms with Crippen molar-refractivity contribution in [3.8, 4) is 0 Å². The first-order valence-electron chi connectivity index (χ1n) is 5.37. The lowest BCUT2D eigenvalue weighted by Crippen LogP contribution is -2.46. The smallest absolute Gasteiger partial charge is 0.388 e. The van der Waals surface area contributed by atoms with Crippen LogP contribution in [-0.4, -0.2) is 22.8 Å². The summed E-state index contributed by atoms with van der Waals surface area (Å²) < 4.78 is 49.4. The molecule has 19 heavy (non-hydrogen) atoms. The fourth-order valence-corrected chi connectivity index (χ4v) is 1.54. The van der Waals surface area contributed by atoms with Gasteiger partial charge in [-0.25, -0.2) is 4.39 Å². The zero-order chi connectivity index (χ0) is 14.8. The molecule has 1 rings (SSSR count). The van der Waals surface area contributed by atoms with Gasteiger partial charge < -0.3 is 10.4 Å². The summed E-state index contributed by atoms with van der Waals surface area (Å²) in [5.74, 6) is -2.73. The number of rotatable bonds is 3. The maximum atomic E-state index is 12.8. The van der Waals surface area contributed by atoms with E-state index in [1.807, 2.05) is 0 Å². The molecule has 1 aromatic carbocycles. The minimum absolute atomic E-state index is 0.173. The largest absolute Gasteiger partial charge is 0.471 e. The highest BCUT2D eigenvalue weighted by Gasteiger charge is 2.42. The van der Waals surface area contributed by atoms with Crippen molar-refractivity contribution in [2.24, 2.45) is 0 Å². The lowest BCUT2D eigenvalue weighted by Gasteiger charge is -2.30. The number of benzene rings is 1. The molecule has 1 aromatic rings. The van der Waals surface area contributed by atoms with Crippen LogP contribution in [0.2, 0.25) is 0 Å². The van der Waals surface area contributed by atoms with Gasteiger partial charge in [0.1, 0.15) is 5.82 Å². The number of carbonyl (C=O) groups excluding carboxylic acids is 1. The molecule has 0 heterocycles. The minimum atomic E-state index is -5.05. The summed E-state index contributed by atoms with van der Waals surface area (Å²) in [6, 6.07) is 3.17. The molecule has 106 valence electrons. The second-order valence-electron chi connectivity index (χ2n) is 4.61. The van der Waals surface area contributed by atoms with Crippen molar-refractivity contribution in [2.45, 2.75) is 31.7 Å². The first-order chi connectivity index (χ1) is 8.51. The summed E-state index contributed by atoms with van der Waals surface area (Å²) in [7, 11) is 0. The Hall–Kier alpha value is -1.63. The van der Waals surface area contributed by atoms with Gasteiger partial charge in [0.15, 0.2) is 0 Å². The average Bonchev–Trinajstić information content (AvgIpc) is 2.24. The highest BCUT2D eigenvalue weighted by atomic mass is 19.4. The summed E-state index contributed by atoms with van der Waals surface area (Å²) >= 11 is 0. The van der Waals surface area contributed by atoms with Crippen LogP contribution in [0.3, 0.4) is 0 Å². The molecule has 2 N–H and O–H groups in total. The summed E-state index contributed by atoms with van der Waals surface area (Å²) in [4.78, 5) is 10.9. The molecule has 1 atom stereocenters. The Kier molecular flexibility index (Phi) is 4.19. The summed E-state index contributed by atoms with van der Waals surface area (Å²) in [5, 5.41) is 11.5. The molecular weight excluding hydrogens is 266 g/mol. The van der Waals surface area contributed by atoms with Gasteiger partial charge in [-0.15, -0.1) is 0 Å². The standard InChI is InChI=1S/C12H13F4NO2/c1-11(2,19)9(17-10(18)12(14,15)16)7-3-5-8(13)6-4-7/h3-6,9,19H,1-2H3,(H,17,18)/t9-/m1/s1. The second kappa shape index (κ2) is 5.16. The maximum absolute atomic E-state index is 12.8. The molecule has 0 saturated heterocycles. The normalized spacial score (nSPS) is 14.1. The third kappa shape index (κ3) is 4.20. The van der Waals surface area contributed by atoms with E-state index in [1.165, 1.54) is 26.0 Å². The molecule has 0 aliphatic carbocycles. The number of aliphatic hydroxyl groups is 1. The lowest BCUT2D eigenvalue weighted by atomic mass is 9.92. The van der Waals surface area contributed by atoms with Crippen molar-refractivity contribution in [1.29, 1.82) is 0 Å². The quantitative estimate of drug-likeness (QED) is 0.834. The number of halogens is 4. The van der Waals surface area contributed by atoms with Crippen LogP contribution in [0.5, 0.6) is 0 Å². The van der Waals surface area contributed by atoms with Gasteiger partial charge in [0.05, 0.1) is 11.6 Å². The van der Waals surface area contributed by atoms with E-state index in [0.717, 1.165) is 12.1 Å². The first kappa shape index (κ1) is 15.4. The molecule has 7 heteroatoms. The molecule has 0 aliphatic heterocycles. The number of alkyl halides is 3. The van der Waals surface area contributed by atoms with Gasteiger partial charge in [-0.2, -0.15) is 13.2 Å². The number of amides is 1. The molecule has 0 saturated carbocycles. The molecular formula is C12H13F4NO2. The monoisotopic (exact) mass is 279 g/mol. The van der Waals surface area contributed by atoms with Crippen LogP contribution in [0.15, 0.2) is 24.3 Å². The number of hydrogen-bond donors (Lipinski definition) is 2. The van der Waals surface area contributed by atoms with Crippen molar-refractivity contribution in [3.05, 3.63) is 35.6 Å². The van der Waals surface area contributed by atoms with E-state index in [-0.39, 0.29) is 5.56 Å². The number of carbonyl (C=O) groups is 1. The number of nitrogens with one attached hydrogen (secondary N) is 1. The zero-order valence-corrected chi connectivity index (χ0v) is 10.3. The van der Waals surface area contributed by atoms with Crippen molar-refractivity contribution in [1.82, 2.24) is 5.32 Å². The van der Waals surface area contributed by atoms with Crippen LogP contribution in [0, 0.1) is 5.82 Å². The van der Waals surface area contributed by atoms with Gasteiger partial charge in [-0.05, 0) is 31.5 Å². The molecule has 0 aliphatic rings. The van der Waals surface area contributed by atoms with Gasteiger partial charge in [-0.1, -0.05) is 12.1 Å². The fraction of sp³-hybridized carbons (Fsp3) is 0.417. The van der Waals surface area contributed by atoms with E-state index in [0.29, 0.717) is 0 Å². The van der Waals surface area contributed by atoms with Crippen LogP contribution in [0.1, 0.15) is 25.5 Å². The molecule has 0 fully saturated rings. The second-order valence-corrected chi connectivity index (χ2v) is 4.61. The Labute approximate surface area is 107 Å². The van der Waals surface area contributed by atoms with Crippen molar-refractivity contribution in [3.63, 3.8) is 0 Å². The first-order valence-corrected chi connectivity index (χ1v) is 5.37. The van der Waals surface area contributed by atoms with Gasteiger partial charge in [0.25, 0.3) is 0 Å². The Balaban J connectivity index is 3.04. The zero-order valence-electron chi connectivity index (χ0n) is 10.3. The molecule has 0 radical (unpaired) electrons. The predicted molar refractivity (Wildman–Crippen MR) is 59.6 cm³/mol. The maximum Gasteiger partial charge on any atom is 0.471 e. The fourth-order valence-electron chi connectivity index (χ4n) is 1.54. The topological polar surface area (TPSA) is 49.3 Å². The average molecular weight is 279 g/mol. The minimum Gasteiger partial charge on any atom is -0.388 e. The van der Waals surface area contributed by atoms with Crippen LogP contribution in [0.25, 0.3) is 0 Å². The third-order valence-electron chi connectivity index (χ3n) is 2.44. The molecule has 0 aromatic heterocycles. The van der Waals surface area contributed by atoms with Crippen molar-refractivity contribution in [2.75, 3.05) is 0 Å². The third-order valence-corrected chi connectivity index (χ3v) is 2.44. The van der Waals surface area contributed by atoms with E-state index in [1.54, 1.807) is 5.32 Å². The van der Waals surface area contributed by atoms with E-state index < -0.39 is 29.5 Å². The highest BCUT2D eigenvalue weighted by molar-refractivity contribution is 5.82. The molecule has 0 bridgehead atoms. The lowest BCUT2D eigenvalue weighted by molar-refractivity contribution is -0.176. The predicted octanol–water partition coefficient (Wildman–Crippen LogP) is 2.32. The van der Waals surface area contributed by atoms with Gasteiger partial charge in [-0.3, -0.25) is 4.79 Å². The van der Waals surface area contributed by atoms with E-state index in [9.17, 15) is 27.5 Å². The van der Waals surface area contributed by atoms with Crippen LogP contribution in [-0.2, 0) is 4.79 Å². The van der Waals surface area contributed by atoms with Gasteiger partial charge in [0.2, 0.25) is 0 Å². The van der Waals surface area contributed by atoms with Crippen LogP contribution < -0.4 is 5.32 Å². The van der Waals surface area contributed by atoms with Gasteiger partial charge in [0, 0.05) is 0 Å². The SMILES string of the molecule is CC(C)(O)[C@H](NC(=O)C(F)(F)F)c1ccc(F)cc1. The van der Waals surface area contributed by atoms with E-state index in [4.69, 9.17) is 0 Å². The summed E-state index contributed by atoms with van der Waals surface area (Å²) in [6.45, 7) is 2.50. The van der Waals surface area contributed by atoms with Gasteiger partial charge >= 0.3 is 12.1 Å². The molecule has 1 amide bonds. The molecule has 3 nitrogen and oxygen atoms in total. The Morgan fingerprint density at radius 2 is 1.68 bits per heavy atom. The Morgan fingerprint density at radius 1 is 1.21 bits per heavy atom.